The van der Waals surface area contributed by atoms with Crippen molar-refractivity contribution in [1.29, 1.82) is 0 Å². The molecule has 0 aliphatic heterocycles. The summed E-state index contributed by atoms with van der Waals surface area (Å²) in [6.07, 6.45) is 8.37. The number of aliphatic hydroxyl groups is 1. The van der Waals surface area contributed by atoms with Crippen LogP contribution in [-0.2, 0) is 9.59 Å². The standard InChI is InChI=1S/C24H40N2O3/c1-21(2)14-16(12-17(27)15-21)25-26-20(28)13-19-23(5)10-7-9-22(3,4)18(23)8-11-24(19,6)29/h12,18-19,25,29H,7-11,13-15H2,1-6H3,(H,26,28)/t18-,19+,23+,24+/m0/s1. The molecule has 0 radical (unpaired) electrons. The van der Waals surface area contributed by atoms with Crippen molar-refractivity contribution in [3.8, 4) is 0 Å². The van der Waals surface area contributed by atoms with Crippen LogP contribution in [0.5, 0.6) is 0 Å². The first-order chi connectivity index (χ1) is 13.3. The molecule has 0 aromatic heterocycles. The third kappa shape index (κ3) is 4.55. The highest BCUT2D eigenvalue weighted by Crippen LogP contribution is 2.62. The summed E-state index contributed by atoms with van der Waals surface area (Å²) in [5.74, 6) is 0.424. The fourth-order valence-corrected chi connectivity index (χ4v) is 6.89. The highest BCUT2D eigenvalue weighted by molar-refractivity contribution is 5.91. The molecule has 0 aromatic rings. The minimum atomic E-state index is -0.835. The van der Waals surface area contributed by atoms with Gasteiger partial charge in [0.05, 0.1) is 5.60 Å². The molecule has 29 heavy (non-hydrogen) atoms. The lowest BCUT2D eigenvalue weighted by Crippen LogP contribution is -2.58. The Bertz CT molecular complexity index is 707. The molecule has 2 fully saturated rings. The van der Waals surface area contributed by atoms with E-state index < -0.39 is 5.60 Å². The zero-order valence-corrected chi connectivity index (χ0v) is 19.2. The minimum Gasteiger partial charge on any atom is -0.390 e. The molecule has 0 heterocycles. The molecule has 1 amide bonds. The number of hydrazine groups is 1. The lowest BCUT2D eigenvalue weighted by atomic mass is 9.45. The van der Waals surface area contributed by atoms with Crippen LogP contribution in [0, 0.1) is 28.1 Å². The van der Waals surface area contributed by atoms with Crippen LogP contribution >= 0.6 is 0 Å². The molecule has 3 N–H and O–H groups in total. The molecule has 3 rings (SSSR count). The number of hydrogen-bond acceptors (Lipinski definition) is 4. The van der Waals surface area contributed by atoms with Crippen molar-refractivity contribution in [3.63, 3.8) is 0 Å². The van der Waals surface area contributed by atoms with Gasteiger partial charge >= 0.3 is 0 Å². The average molecular weight is 405 g/mol. The van der Waals surface area contributed by atoms with Gasteiger partial charge in [-0.1, -0.05) is 41.0 Å². The SMILES string of the molecule is CC1(C)CC(=O)C=C(NNC(=O)C[C@@H]2[C@]3(C)CCCC(C)(C)[C@@H]3CC[C@@]2(C)O)C1. The number of nitrogens with one attached hydrogen (secondary N) is 2. The van der Waals surface area contributed by atoms with E-state index in [0.29, 0.717) is 18.8 Å². The number of hydrogen-bond donors (Lipinski definition) is 3. The van der Waals surface area contributed by atoms with Crippen LogP contribution in [0.15, 0.2) is 11.8 Å². The van der Waals surface area contributed by atoms with Crippen LogP contribution < -0.4 is 10.9 Å². The van der Waals surface area contributed by atoms with Crippen molar-refractivity contribution in [1.82, 2.24) is 10.9 Å². The fraction of sp³-hybridized carbons (Fsp3) is 0.833. The number of amides is 1. The lowest BCUT2D eigenvalue weighted by Gasteiger charge is -2.61. The molecule has 0 bridgehead atoms. The number of carbonyl (C=O) groups is 2. The maximum absolute atomic E-state index is 12.9. The van der Waals surface area contributed by atoms with Gasteiger partial charge in [0.2, 0.25) is 5.91 Å². The van der Waals surface area contributed by atoms with E-state index in [1.807, 2.05) is 6.92 Å². The van der Waals surface area contributed by atoms with E-state index in [0.717, 1.165) is 37.8 Å². The van der Waals surface area contributed by atoms with Crippen LogP contribution in [0.25, 0.3) is 0 Å². The summed E-state index contributed by atoms with van der Waals surface area (Å²) in [5, 5.41) is 11.2. The van der Waals surface area contributed by atoms with Crippen LogP contribution in [0.3, 0.4) is 0 Å². The van der Waals surface area contributed by atoms with E-state index in [1.165, 1.54) is 6.42 Å². The van der Waals surface area contributed by atoms with Gasteiger partial charge in [0.1, 0.15) is 0 Å². The molecule has 5 nitrogen and oxygen atoms in total. The topological polar surface area (TPSA) is 78.4 Å². The summed E-state index contributed by atoms with van der Waals surface area (Å²) in [6, 6.07) is 0. The van der Waals surface area contributed by atoms with Gasteiger partial charge in [-0.05, 0) is 61.2 Å². The molecular formula is C24H40N2O3. The normalized spacial score (nSPS) is 38.6. The molecule has 3 aliphatic rings. The second-order valence-electron chi connectivity index (χ2n) is 11.9. The largest absolute Gasteiger partial charge is 0.390 e. The maximum Gasteiger partial charge on any atom is 0.238 e. The third-order valence-electron chi connectivity index (χ3n) is 8.17. The van der Waals surface area contributed by atoms with E-state index in [9.17, 15) is 14.7 Å². The second-order valence-corrected chi connectivity index (χ2v) is 11.9. The Morgan fingerprint density at radius 1 is 1.10 bits per heavy atom. The van der Waals surface area contributed by atoms with Crippen LogP contribution in [0.4, 0.5) is 0 Å². The Morgan fingerprint density at radius 2 is 1.79 bits per heavy atom. The van der Waals surface area contributed by atoms with Gasteiger partial charge in [-0.15, -0.1) is 0 Å². The van der Waals surface area contributed by atoms with Gasteiger partial charge in [-0.25, -0.2) is 0 Å². The smallest absolute Gasteiger partial charge is 0.238 e. The zero-order valence-electron chi connectivity index (χ0n) is 19.2. The van der Waals surface area contributed by atoms with Gasteiger partial charge in [-0.3, -0.25) is 15.0 Å². The first-order valence-electron chi connectivity index (χ1n) is 11.3. The Kier molecular flexibility index (Phi) is 5.70. The van der Waals surface area contributed by atoms with Crippen LogP contribution in [0.2, 0.25) is 0 Å². The second kappa shape index (κ2) is 7.40. The molecule has 3 aliphatic carbocycles. The number of ketones is 1. The predicted octanol–water partition coefficient (Wildman–Crippen LogP) is 4.26. The van der Waals surface area contributed by atoms with Crippen molar-refractivity contribution in [2.45, 2.75) is 98.5 Å². The monoisotopic (exact) mass is 404 g/mol. The highest BCUT2D eigenvalue weighted by atomic mass is 16.3. The van der Waals surface area contributed by atoms with E-state index in [1.54, 1.807) is 6.08 Å². The molecule has 0 unspecified atom stereocenters. The van der Waals surface area contributed by atoms with Gasteiger partial charge < -0.3 is 10.5 Å². The molecule has 0 aromatic carbocycles. The molecular weight excluding hydrogens is 364 g/mol. The van der Waals surface area contributed by atoms with Gasteiger partial charge in [-0.2, -0.15) is 0 Å². The molecule has 4 atom stereocenters. The van der Waals surface area contributed by atoms with E-state index in [4.69, 9.17) is 0 Å². The molecule has 0 saturated heterocycles. The lowest BCUT2D eigenvalue weighted by molar-refractivity contribution is -0.173. The summed E-state index contributed by atoms with van der Waals surface area (Å²) in [6.45, 7) is 13.0. The average Bonchev–Trinajstić information content (AvgIpc) is 2.53. The molecule has 0 spiro atoms. The van der Waals surface area contributed by atoms with Crippen molar-refractivity contribution in [2.24, 2.45) is 28.1 Å². The predicted molar refractivity (Wildman–Crippen MR) is 115 cm³/mol. The molecule has 5 heteroatoms. The van der Waals surface area contributed by atoms with Gasteiger partial charge in [0, 0.05) is 30.5 Å². The summed E-state index contributed by atoms with van der Waals surface area (Å²) in [7, 11) is 0. The Labute approximate surface area is 176 Å². The van der Waals surface area contributed by atoms with Gasteiger partial charge in [0.15, 0.2) is 5.78 Å². The first-order valence-corrected chi connectivity index (χ1v) is 11.3. The van der Waals surface area contributed by atoms with Crippen molar-refractivity contribution in [3.05, 3.63) is 11.8 Å². The number of rotatable bonds is 4. The summed E-state index contributed by atoms with van der Waals surface area (Å²) in [4.78, 5) is 24.8. The molecule has 164 valence electrons. The first kappa shape index (κ1) is 22.3. The Hall–Kier alpha value is -1.36. The van der Waals surface area contributed by atoms with E-state index >= 15 is 0 Å². The quantitative estimate of drug-likeness (QED) is 0.612. The number of carbonyl (C=O) groups excluding carboxylic acids is 2. The van der Waals surface area contributed by atoms with Gasteiger partial charge in [0.25, 0.3) is 0 Å². The maximum atomic E-state index is 12.9. The summed E-state index contributed by atoms with van der Waals surface area (Å²) < 4.78 is 0. The highest BCUT2D eigenvalue weighted by Gasteiger charge is 2.58. The van der Waals surface area contributed by atoms with E-state index in [-0.39, 0.29) is 33.9 Å². The number of allylic oxidation sites excluding steroid dienone is 2. The summed E-state index contributed by atoms with van der Waals surface area (Å²) in [5.41, 5.74) is 5.83. The third-order valence-corrected chi connectivity index (χ3v) is 8.17. The molecule has 2 saturated carbocycles. The van der Waals surface area contributed by atoms with Crippen molar-refractivity contribution >= 4 is 11.7 Å². The number of fused-ring (bicyclic) bond motifs is 1. The van der Waals surface area contributed by atoms with E-state index in [2.05, 4.69) is 45.5 Å². The van der Waals surface area contributed by atoms with Crippen molar-refractivity contribution < 1.29 is 14.7 Å². The van der Waals surface area contributed by atoms with Crippen LogP contribution in [-0.4, -0.2) is 22.4 Å². The Morgan fingerprint density at radius 3 is 2.45 bits per heavy atom. The fourth-order valence-electron chi connectivity index (χ4n) is 6.89. The Balaban J connectivity index is 1.70. The minimum absolute atomic E-state index is 0.0388. The zero-order chi connectivity index (χ0) is 21.7. The van der Waals surface area contributed by atoms with Crippen LogP contribution in [0.1, 0.15) is 92.9 Å². The summed E-state index contributed by atoms with van der Waals surface area (Å²) >= 11 is 0. The van der Waals surface area contributed by atoms with Crippen molar-refractivity contribution in [2.75, 3.05) is 0 Å².